The van der Waals surface area contributed by atoms with Crippen LogP contribution in [0.25, 0.3) is 0 Å². The van der Waals surface area contributed by atoms with Gasteiger partial charge < -0.3 is 4.90 Å². The number of nitrogens with one attached hydrogen (secondary N) is 1. The number of carbonyl (C=O) groups is 1. The van der Waals surface area contributed by atoms with E-state index >= 15 is 0 Å². The van der Waals surface area contributed by atoms with E-state index in [1.807, 2.05) is 0 Å². The monoisotopic (exact) mass is 364 g/mol. The Morgan fingerprint density at radius 3 is 2.44 bits per heavy atom. The Hall–Kier alpha value is 0.360. The number of carbonyl (C=O) groups excluding carboxylic acids is 1. The molecule has 3 atom stereocenters. The lowest BCUT2D eigenvalue weighted by Crippen LogP contribution is -3.17. The number of likely N-dealkylation sites (tertiary alicyclic amines) is 1. The van der Waals surface area contributed by atoms with Crippen LogP contribution in [0.5, 0.6) is 0 Å². The first-order chi connectivity index (χ1) is 8.56. The van der Waals surface area contributed by atoms with Gasteiger partial charge in [-0.2, -0.15) is 0 Å². The highest BCUT2D eigenvalue weighted by atomic mass is 127. The first-order valence-electron chi connectivity index (χ1n) is 7.57. The third kappa shape index (κ3) is 3.92. The van der Waals surface area contributed by atoms with Gasteiger partial charge in [0.15, 0.2) is 5.78 Å². The second kappa shape index (κ2) is 6.69. The molecule has 3 heteroatoms. The summed E-state index contributed by atoms with van der Waals surface area (Å²) in [5.41, 5.74) is 0. The summed E-state index contributed by atoms with van der Waals surface area (Å²) in [6, 6.07) is 0.686. The van der Waals surface area contributed by atoms with E-state index in [0.29, 0.717) is 17.7 Å². The quantitative estimate of drug-likeness (QED) is 0.602. The van der Waals surface area contributed by atoms with Gasteiger partial charge in [0.1, 0.15) is 6.54 Å². The summed E-state index contributed by atoms with van der Waals surface area (Å²) in [5, 5.41) is 0. The smallest absolute Gasteiger partial charge is 0.189 e. The predicted molar refractivity (Wildman–Crippen MR) is 83.3 cm³/mol. The molecule has 0 aromatic carbocycles. The van der Waals surface area contributed by atoms with Crippen molar-refractivity contribution in [2.24, 2.45) is 11.8 Å². The highest BCUT2D eigenvalue weighted by molar-refractivity contribution is 14.1. The van der Waals surface area contributed by atoms with Crippen molar-refractivity contribution in [2.75, 3.05) is 13.1 Å². The second-order valence-corrected chi connectivity index (χ2v) is 8.30. The molecular formula is C15H27INO+. The van der Waals surface area contributed by atoms with Crippen LogP contribution in [0.4, 0.5) is 0 Å². The van der Waals surface area contributed by atoms with Gasteiger partial charge in [-0.3, -0.25) is 4.79 Å². The van der Waals surface area contributed by atoms with Crippen LogP contribution in [0.15, 0.2) is 0 Å². The molecule has 2 rings (SSSR count). The molecule has 1 N–H and O–H groups in total. The number of hydrogen-bond donors (Lipinski definition) is 1. The third-order valence-electron chi connectivity index (χ3n) is 4.91. The summed E-state index contributed by atoms with van der Waals surface area (Å²) in [4.78, 5) is 14.0. The Morgan fingerprint density at radius 1 is 1.11 bits per heavy atom. The van der Waals surface area contributed by atoms with Crippen LogP contribution in [-0.4, -0.2) is 28.8 Å². The van der Waals surface area contributed by atoms with Gasteiger partial charge in [-0.05, 0) is 45.4 Å². The van der Waals surface area contributed by atoms with Crippen LogP contribution in [0, 0.1) is 11.8 Å². The zero-order valence-corrected chi connectivity index (χ0v) is 13.9. The minimum atomic E-state index is 0.382. The molecule has 2 fully saturated rings. The Balaban J connectivity index is 1.82. The van der Waals surface area contributed by atoms with Gasteiger partial charge in [0.05, 0.1) is 12.6 Å². The molecule has 1 saturated heterocycles. The summed E-state index contributed by atoms with van der Waals surface area (Å²) < 4.78 is 0.813. The molecule has 2 aliphatic rings. The minimum Gasteiger partial charge on any atom is -0.326 e. The molecular weight excluding hydrogens is 337 g/mol. The van der Waals surface area contributed by atoms with Gasteiger partial charge in [-0.1, -0.05) is 29.5 Å². The van der Waals surface area contributed by atoms with Crippen LogP contribution >= 0.6 is 22.6 Å². The van der Waals surface area contributed by atoms with E-state index in [1.54, 1.807) is 4.90 Å². The maximum Gasteiger partial charge on any atom is 0.189 e. The molecule has 18 heavy (non-hydrogen) atoms. The number of rotatable bonds is 3. The Morgan fingerprint density at radius 2 is 1.78 bits per heavy atom. The van der Waals surface area contributed by atoms with Crippen LogP contribution in [0.1, 0.15) is 52.4 Å². The van der Waals surface area contributed by atoms with E-state index < -0.39 is 0 Å². The standard InChI is InChI=1S/C15H26INO/c1-11-3-4-12(2)17(9-11)10-15(18)13-5-7-14(16)8-6-13/h11-14H,3-10H2,1-2H3/p+1. The molecule has 3 unspecified atom stereocenters. The number of halogens is 1. The van der Waals surface area contributed by atoms with Crippen LogP contribution in [-0.2, 0) is 4.79 Å². The van der Waals surface area contributed by atoms with Crippen molar-refractivity contribution in [3.8, 4) is 0 Å². The Kier molecular flexibility index (Phi) is 5.48. The van der Waals surface area contributed by atoms with Crippen molar-refractivity contribution in [1.82, 2.24) is 0 Å². The van der Waals surface area contributed by atoms with Crippen LogP contribution in [0.3, 0.4) is 0 Å². The lowest BCUT2D eigenvalue weighted by molar-refractivity contribution is -0.924. The van der Waals surface area contributed by atoms with Crippen molar-refractivity contribution in [3.05, 3.63) is 0 Å². The first kappa shape index (κ1) is 14.8. The summed E-state index contributed by atoms with van der Waals surface area (Å²) in [5.74, 6) is 1.73. The van der Waals surface area contributed by atoms with E-state index in [-0.39, 0.29) is 0 Å². The van der Waals surface area contributed by atoms with Gasteiger partial charge in [-0.15, -0.1) is 0 Å². The third-order valence-corrected chi connectivity index (χ3v) is 6.16. The number of piperidine rings is 1. The molecule has 1 heterocycles. The largest absolute Gasteiger partial charge is 0.326 e. The molecule has 1 saturated carbocycles. The summed E-state index contributed by atoms with van der Waals surface area (Å²) in [6.07, 6.45) is 7.42. The molecule has 0 bridgehead atoms. The number of Topliss-reactive ketones (excluding diaryl/α,β-unsaturated/α-hetero) is 1. The van der Waals surface area contributed by atoms with E-state index in [1.165, 1.54) is 32.2 Å². The van der Waals surface area contributed by atoms with Crippen molar-refractivity contribution in [1.29, 1.82) is 0 Å². The summed E-state index contributed by atoms with van der Waals surface area (Å²) in [6.45, 7) is 6.64. The van der Waals surface area contributed by atoms with Crippen molar-refractivity contribution in [3.63, 3.8) is 0 Å². The average Bonchev–Trinajstić information content (AvgIpc) is 2.34. The zero-order valence-electron chi connectivity index (χ0n) is 11.8. The number of quaternary nitrogens is 1. The lowest BCUT2D eigenvalue weighted by atomic mass is 9.85. The molecule has 0 amide bonds. The van der Waals surface area contributed by atoms with Crippen LogP contribution in [0.2, 0.25) is 0 Å². The van der Waals surface area contributed by atoms with Crippen molar-refractivity contribution < 1.29 is 9.69 Å². The fourth-order valence-corrected chi connectivity index (χ4v) is 4.20. The Bertz CT molecular complexity index is 286. The Labute approximate surface area is 125 Å². The normalized spacial score (nSPS) is 41.6. The molecule has 104 valence electrons. The fourth-order valence-electron chi connectivity index (χ4n) is 3.48. The highest BCUT2D eigenvalue weighted by Crippen LogP contribution is 2.29. The molecule has 0 radical (unpaired) electrons. The topological polar surface area (TPSA) is 21.5 Å². The van der Waals surface area contributed by atoms with E-state index in [2.05, 4.69) is 36.4 Å². The number of ketones is 1. The maximum atomic E-state index is 12.4. The van der Waals surface area contributed by atoms with Gasteiger partial charge in [-0.25, -0.2) is 0 Å². The van der Waals surface area contributed by atoms with Crippen LogP contribution < -0.4 is 4.90 Å². The predicted octanol–water partition coefficient (Wildman–Crippen LogP) is 2.25. The second-order valence-electron chi connectivity index (χ2n) is 6.54. The molecule has 0 spiro atoms. The first-order valence-corrected chi connectivity index (χ1v) is 8.82. The SMILES string of the molecule is CC1CCC(C)[NH+](CC(=O)C2CCC(I)CC2)C1. The summed E-state index contributed by atoms with van der Waals surface area (Å²) >= 11 is 2.53. The van der Waals surface area contributed by atoms with E-state index in [4.69, 9.17) is 0 Å². The van der Waals surface area contributed by atoms with Gasteiger partial charge in [0, 0.05) is 15.8 Å². The van der Waals surface area contributed by atoms with Gasteiger partial charge in [0.25, 0.3) is 0 Å². The molecule has 1 aliphatic carbocycles. The van der Waals surface area contributed by atoms with E-state index in [9.17, 15) is 4.79 Å². The molecule has 0 aromatic rings. The molecule has 1 aliphatic heterocycles. The van der Waals surface area contributed by atoms with Gasteiger partial charge in [0.2, 0.25) is 0 Å². The average molecular weight is 364 g/mol. The minimum absolute atomic E-state index is 0.382. The molecule has 2 nitrogen and oxygen atoms in total. The highest BCUT2D eigenvalue weighted by Gasteiger charge is 2.32. The number of hydrogen-bond acceptors (Lipinski definition) is 1. The zero-order chi connectivity index (χ0) is 13.1. The fraction of sp³-hybridized carbons (Fsp3) is 0.933. The van der Waals surface area contributed by atoms with E-state index in [0.717, 1.165) is 29.2 Å². The lowest BCUT2D eigenvalue weighted by Gasteiger charge is -2.34. The molecule has 0 aromatic heterocycles. The number of alkyl halides is 1. The van der Waals surface area contributed by atoms with Crippen molar-refractivity contribution in [2.45, 2.75) is 62.3 Å². The maximum absolute atomic E-state index is 12.4. The van der Waals surface area contributed by atoms with Gasteiger partial charge >= 0.3 is 0 Å². The summed E-state index contributed by atoms with van der Waals surface area (Å²) in [7, 11) is 0. The van der Waals surface area contributed by atoms with Crippen molar-refractivity contribution >= 4 is 28.4 Å².